The molecule has 0 unspecified atom stereocenters. The summed E-state index contributed by atoms with van der Waals surface area (Å²) in [5, 5.41) is 9.66. The Kier molecular flexibility index (Phi) is 6.20. The van der Waals surface area contributed by atoms with Gasteiger partial charge in [-0.3, -0.25) is 0 Å². The average molecular weight is 596 g/mol. The lowest BCUT2D eigenvalue weighted by Crippen LogP contribution is -2.10. The molecule has 0 radical (unpaired) electrons. The van der Waals surface area contributed by atoms with Crippen LogP contribution in [0, 0.1) is 5.82 Å². The van der Waals surface area contributed by atoms with E-state index in [-0.39, 0.29) is 5.82 Å². The molecule has 0 amide bonds. The lowest BCUT2D eigenvalue weighted by Gasteiger charge is -2.27. The maximum absolute atomic E-state index is 14.5. The lowest BCUT2D eigenvalue weighted by atomic mass is 9.97. The van der Waals surface area contributed by atoms with Gasteiger partial charge in [-0.2, -0.15) is 5.10 Å². The molecule has 0 saturated heterocycles. The summed E-state index contributed by atoms with van der Waals surface area (Å²) in [4.78, 5) is 2.32. The maximum atomic E-state index is 14.5. The smallest absolute Gasteiger partial charge is 0.123 e. The molecule has 1 saturated carbocycles. The van der Waals surface area contributed by atoms with Crippen LogP contribution in [-0.2, 0) is 0 Å². The summed E-state index contributed by atoms with van der Waals surface area (Å²) in [7, 11) is 0. The predicted molar refractivity (Wildman–Crippen MR) is 188 cm³/mol. The van der Waals surface area contributed by atoms with Gasteiger partial charge in [0.1, 0.15) is 11.5 Å². The monoisotopic (exact) mass is 595 g/mol. The molecule has 0 spiro atoms. The molecule has 0 aliphatic heterocycles. The minimum Gasteiger partial charge on any atom is -0.310 e. The summed E-state index contributed by atoms with van der Waals surface area (Å²) in [6.45, 7) is 0. The number of para-hydroxylation sites is 1. The van der Waals surface area contributed by atoms with Crippen molar-refractivity contribution < 1.29 is 4.39 Å². The van der Waals surface area contributed by atoms with E-state index in [0.717, 1.165) is 74.3 Å². The molecule has 0 bridgehead atoms. The second kappa shape index (κ2) is 10.7. The Balaban J connectivity index is 1.26. The lowest BCUT2D eigenvalue weighted by molar-refractivity contribution is 0.629. The van der Waals surface area contributed by atoms with Crippen molar-refractivity contribution in [1.29, 1.82) is 0 Å². The van der Waals surface area contributed by atoms with Gasteiger partial charge in [-0.25, -0.2) is 8.91 Å². The van der Waals surface area contributed by atoms with Crippen LogP contribution in [0.25, 0.3) is 49.4 Å². The maximum Gasteiger partial charge on any atom is 0.123 e. The molecule has 1 fully saturated rings. The molecule has 0 N–H and O–H groups in total. The van der Waals surface area contributed by atoms with Crippen LogP contribution in [0.1, 0.15) is 24.5 Å². The topological polar surface area (TPSA) is 20.5 Å². The highest BCUT2D eigenvalue weighted by Crippen LogP contribution is 2.46. The Bertz CT molecular complexity index is 2370. The molecular formula is C42H30FN3. The number of anilines is 3. The van der Waals surface area contributed by atoms with Gasteiger partial charge >= 0.3 is 0 Å². The summed E-state index contributed by atoms with van der Waals surface area (Å²) in [5.41, 5.74) is 9.60. The summed E-state index contributed by atoms with van der Waals surface area (Å²) < 4.78 is 16.6. The van der Waals surface area contributed by atoms with Crippen molar-refractivity contribution in [3.05, 3.63) is 163 Å². The second-order valence-electron chi connectivity index (χ2n) is 12.1. The predicted octanol–water partition coefficient (Wildman–Crippen LogP) is 11.5. The van der Waals surface area contributed by atoms with Gasteiger partial charge in [0.2, 0.25) is 0 Å². The first-order valence-corrected chi connectivity index (χ1v) is 15.9. The fourth-order valence-corrected chi connectivity index (χ4v) is 6.87. The van der Waals surface area contributed by atoms with E-state index >= 15 is 0 Å². The van der Waals surface area contributed by atoms with E-state index in [1.54, 1.807) is 12.1 Å². The van der Waals surface area contributed by atoms with E-state index in [9.17, 15) is 4.39 Å². The van der Waals surface area contributed by atoms with Crippen LogP contribution in [0.5, 0.6) is 0 Å². The van der Waals surface area contributed by atoms with Crippen LogP contribution in [0.4, 0.5) is 21.5 Å². The van der Waals surface area contributed by atoms with Crippen LogP contribution < -0.4 is 4.90 Å². The third-order valence-electron chi connectivity index (χ3n) is 9.18. The Labute approximate surface area is 266 Å². The Morgan fingerprint density at radius 2 is 1.28 bits per heavy atom. The van der Waals surface area contributed by atoms with Crippen molar-refractivity contribution in [2.24, 2.45) is 0 Å². The normalized spacial score (nSPS) is 13.1. The van der Waals surface area contributed by atoms with Gasteiger partial charge in [-0.05, 0) is 83.8 Å². The van der Waals surface area contributed by atoms with E-state index in [1.807, 2.05) is 12.1 Å². The Hall–Kier alpha value is -5.74. The molecule has 0 atom stereocenters. The summed E-state index contributed by atoms with van der Waals surface area (Å²) in [5.74, 6) is 0.221. The van der Waals surface area contributed by atoms with Gasteiger partial charge < -0.3 is 4.90 Å². The number of nitrogens with zero attached hydrogens (tertiary/aromatic N) is 3. The highest BCUT2D eigenvalue weighted by atomic mass is 19.1. The first kappa shape index (κ1) is 26.6. The van der Waals surface area contributed by atoms with Crippen molar-refractivity contribution >= 4 is 44.1 Å². The molecule has 220 valence electrons. The van der Waals surface area contributed by atoms with E-state index in [4.69, 9.17) is 5.10 Å². The molecule has 46 heavy (non-hydrogen) atoms. The minimum absolute atomic E-state index is 0.218. The average Bonchev–Trinajstić information content (AvgIpc) is 3.88. The summed E-state index contributed by atoms with van der Waals surface area (Å²) in [6, 6.07) is 52.0. The Morgan fingerprint density at radius 1 is 0.587 bits per heavy atom. The van der Waals surface area contributed by atoms with E-state index in [2.05, 4.69) is 137 Å². The number of aromatic nitrogens is 2. The molecule has 2 heterocycles. The van der Waals surface area contributed by atoms with Crippen LogP contribution >= 0.6 is 0 Å². The molecule has 2 aromatic heterocycles. The van der Waals surface area contributed by atoms with E-state index in [0.29, 0.717) is 5.92 Å². The molecule has 8 aromatic rings. The van der Waals surface area contributed by atoms with E-state index < -0.39 is 0 Å². The quantitative estimate of drug-likeness (QED) is 0.191. The van der Waals surface area contributed by atoms with Gasteiger partial charge in [0, 0.05) is 44.9 Å². The van der Waals surface area contributed by atoms with Crippen LogP contribution in [0.15, 0.2) is 152 Å². The molecular weight excluding hydrogens is 565 g/mol. The van der Waals surface area contributed by atoms with Gasteiger partial charge in [0.05, 0.1) is 11.2 Å². The molecule has 3 nitrogen and oxygen atoms in total. The molecule has 9 rings (SSSR count). The standard InChI is InChI=1S/C42H30FN3/c43-33-22-25-37-32(26-33)27-39(29-18-19-29)46-42(37)40(30-11-3-1-4-12-30)41(44-46)31-20-23-35(24-21-31)45(34-14-5-2-6-15-34)38-17-9-13-28-10-7-8-16-36(28)38/h1-17,20-27,29H,18-19H2. The minimum atomic E-state index is -0.218. The summed E-state index contributed by atoms with van der Waals surface area (Å²) in [6.07, 6.45) is 2.26. The number of benzene rings is 6. The molecule has 1 aliphatic rings. The van der Waals surface area contributed by atoms with Crippen molar-refractivity contribution in [3.8, 4) is 22.4 Å². The van der Waals surface area contributed by atoms with Gasteiger partial charge in [-0.15, -0.1) is 0 Å². The fourth-order valence-electron chi connectivity index (χ4n) is 6.87. The highest BCUT2D eigenvalue weighted by Gasteiger charge is 2.30. The number of hydrogen-bond donors (Lipinski definition) is 0. The zero-order valence-electron chi connectivity index (χ0n) is 25.1. The zero-order chi connectivity index (χ0) is 30.6. The van der Waals surface area contributed by atoms with Crippen molar-refractivity contribution in [2.75, 3.05) is 4.90 Å². The molecule has 6 aromatic carbocycles. The third kappa shape index (κ3) is 4.45. The van der Waals surface area contributed by atoms with Gasteiger partial charge in [0.15, 0.2) is 0 Å². The number of halogens is 1. The highest BCUT2D eigenvalue weighted by molar-refractivity contribution is 6.07. The number of pyridine rings is 1. The van der Waals surface area contributed by atoms with Gasteiger partial charge in [-0.1, -0.05) is 97.1 Å². The molecule has 4 heteroatoms. The van der Waals surface area contributed by atoms with Crippen molar-refractivity contribution in [3.63, 3.8) is 0 Å². The van der Waals surface area contributed by atoms with Crippen molar-refractivity contribution in [1.82, 2.24) is 9.61 Å². The van der Waals surface area contributed by atoms with Crippen molar-refractivity contribution in [2.45, 2.75) is 18.8 Å². The van der Waals surface area contributed by atoms with Crippen LogP contribution in [0.3, 0.4) is 0 Å². The zero-order valence-corrected chi connectivity index (χ0v) is 25.1. The first-order chi connectivity index (χ1) is 22.7. The second-order valence-corrected chi connectivity index (χ2v) is 12.1. The third-order valence-corrected chi connectivity index (χ3v) is 9.18. The first-order valence-electron chi connectivity index (χ1n) is 15.9. The SMILES string of the molecule is Fc1ccc2c(c1)cc(C1CC1)n1nc(-c3ccc(N(c4ccccc4)c4cccc5ccccc45)cc3)c(-c3ccccc3)c21. The number of fused-ring (bicyclic) bond motifs is 4. The summed E-state index contributed by atoms with van der Waals surface area (Å²) >= 11 is 0. The largest absolute Gasteiger partial charge is 0.310 e. The number of hydrogen-bond acceptors (Lipinski definition) is 2. The fraction of sp³-hybridized carbons (Fsp3) is 0.0714. The van der Waals surface area contributed by atoms with E-state index in [1.165, 1.54) is 10.8 Å². The van der Waals surface area contributed by atoms with Gasteiger partial charge in [0.25, 0.3) is 0 Å². The number of rotatable bonds is 6. The molecule has 1 aliphatic carbocycles. The van der Waals surface area contributed by atoms with Crippen LogP contribution in [0.2, 0.25) is 0 Å². The Morgan fingerprint density at radius 3 is 2.07 bits per heavy atom. The van der Waals surface area contributed by atoms with Crippen LogP contribution in [-0.4, -0.2) is 9.61 Å².